The topological polar surface area (TPSA) is 38.8 Å². The normalized spacial score (nSPS) is 17.2. The molecule has 0 amide bonds. The third kappa shape index (κ3) is 4.13. The van der Waals surface area contributed by atoms with Crippen molar-refractivity contribution >= 4 is 11.0 Å². The molecule has 0 saturated carbocycles. The van der Waals surface area contributed by atoms with Gasteiger partial charge >= 0.3 is 0 Å². The molecule has 3 aromatic carbocycles. The molecule has 1 aliphatic rings. The van der Waals surface area contributed by atoms with Crippen LogP contribution in [0.3, 0.4) is 0 Å². The van der Waals surface area contributed by atoms with E-state index in [0.29, 0.717) is 5.75 Å². The summed E-state index contributed by atoms with van der Waals surface area (Å²) in [6, 6.07) is 22.5. The van der Waals surface area contributed by atoms with Gasteiger partial charge in [0.1, 0.15) is 11.0 Å². The minimum Gasteiger partial charge on any atom is -0.493 e. The van der Waals surface area contributed by atoms with E-state index < -0.39 is 11.0 Å². The van der Waals surface area contributed by atoms with Crippen molar-refractivity contribution in [2.75, 3.05) is 20.8 Å². The fourth-order valence-corrected chi connectivity index (χ4v) is 5.36. The maximum Gasteiger partial charge on any atom is 0.161 e. The monoisotopic (exact) mass is 421 g/mol. The lowest BCUT2D eigenvalue weighted by Gasteiger charge is -2.36. The highest BCUT2D eigenvalue weighted by atomic mass is 32.2. The van der Waals surface area contributed by atoms with Gasteiger partial charge in [-0.1, -0.05) is 48.0 Å². The van der Waals surface area contributed by atoms with E-state index in [2.05, 4.69) is 40.7 Å². The molecule has 4 rings (SSSR count). The van der Waals surface area contributed by atoms with Crippen molar-refractivity contribution in [3.63, 3.8) is 0 Å². The van der Waals surface area contributed by atoms with E-state index in [4.69, 9.17) is 9.47 Å². The van der Waals surface area contributed by atoms with E-state index in [1.54, 1.807) is 14.2 Å². The number of hydrogen-bond acceptors (Lipinski definition) is 3. The Balaban J connectivity index is 1.76. The molecule has 0 N–H and O–H groups in total. The smallest absolute Gasteiger partial charge is 0.161 e. The van der Waals surface area contributed by atoms with Gasteiger partial charge in [0.2, 0.25) is 0 Å². The van der Waals surface area contributed by atoms with Gasteiger partial charge in [0.25, 0.3) is 0 Å². The lowest BCUT2D eigenvalue weighted by molar-refractivity contribution is 0.315. The first-order valence-corrected chi connectivity index (χ1v) is 11.3. The Morgan fingerprint density at radius 1 is 0.967 bits per heavy atom. The first-order chi connectivity index (χ1) is 14.6. The van der Waals surface area contributed by atoms with Crippen molar-refractivity contribution < 1.29 is 13.7 Å². The predicted molar refractivity (Wildman–Crippen MR) is 120 cm³/mol. The number of rotatable bonds is 6. The van der Waals surface area contributed by atoms with Crippen LogP contribution in [-0.2, 0) is 23.8 Å². The predicted octanol–water partition coefficient (Wildman–Crippen LogP) is 4.88. The molecule has 4 nitrogen and oxygen atoms in total. The molecule has 2 unspecified atom stereocenters. The number of hydrogen-bond donors (Lipinski definition) is 0. The molecular formula is C25H27NO3S. The fourth-order valence-electron chi connectivity index (χ4n) is 4.04. The summed E-state index contributed by atoms with van der Waals surface area (Å²) in [6.45, 7) is 2.77. The molecule has 3 aromatic rings. The van der Waals surface area contributed by atoms with Gasteiger partial charge in [-0.2, -0.15) is 0 Å². The van der Waals surface area contributed by atoms with E-state index in [1.165, 1.54) is 11.1 Å². The van der Waals surface area contributed by atoms with Crippen LogP contribution in [0.4, 0.5) is 0 Å². The third-order valence-electron chi connectivity index (χ3n) is 5.66. The van der Waals surface area contributed by atoms with Crippen LogP contribution in [0.1, 0.15) is 28.3 Å². The highest BCUT2D eigenvalue weighted by Crippen LogP contribution is 2.40. The number of ether oxygens (including phenoxy) is 2. The highest BCUT2D eigenvalue weighted by molar-refractivity contribution is 7.82. The van der Waals surface area contributed by atoms with Crippen molar-refractivity contribution in [1.29, 1.82) is 0 Å². The lowest BCUT2D eigenvalue weighted by Crippen LogP contribution is -2.38. The highest BCUT2D eigenvalue weighted by Gasteiger charge is 2.33. The van der Waals surface area contributed by atoms with Gasteiger partial charge in [0.05, 0.1) is 25.2 Å². The van der Waals surface area contributed by atoms with Crippen LogP contribution in [-0.4, -0.2) is 29.3 Å². The van der Waals surface area contributed by atoms with Crippen LogP contribution in [0.15, 0.2) is 71.6 Å². The Morgan fingerprint density at radius 2 is 1.63 bits per heavy atom. The number of methoxy groups -OCH3 is 2. The molecule has 5 heteroatoms. The van der Waals surface area contributed by atoms with Crippen LogP contribution >= 0.6 is 0 Å². The number of fused-ring (bicyclic) bond motifs is 1. The second-order valence-corrected chi connectivity index (χ2v) is 9.00. The molecular weight excluding hydrogens is 394 g/mol. The molecule has 0 fully saturated rings. The Hall–Kier alpha value is -2.63. The molecule has 0 radical (unpaired) electrons. The SMILES string of the molecule is COc1cc2c(cc1OC)C(Cc1ccccc1)N(S(=O)c1ccc(C)cc1)CC2. The van der Waals surface area contributed by atoms with Gasteiger partial charge in [-0.3, -0.25) is 0 Å². The molecule has 0 aromatic heterocycles. The molecule has 156 valence electrons. The van der Waals surface area contributed by atoms with E-state index in [-0.39, 0.29) is 6.04 Å². The van der Waals surface area contributed by atoms with Gasteiger partial charge in [-0.05, 0) is 60.7 Å². The first-order valence-electron chi connectivity index (χ1n) is 10.1. The van der Waals surface area contributed by atoms with Crippen LogP contribution in [0, 0.1) is 6.92 Å². The molecule has 2 atom stereocenters. The number of aryl methyl sites for hydroxylation is 1. The zero-order valence-corrected chi connectivity index (χ0v) is 18.4. The minimum atomic E-state index is -1.24. The van der Waals surface area contributed by atoms with Crippen LogP contribution in [0.2, 0.25) is 0 Å². The largest absolute Gasteiger partial charge is 0.493 e. The molecule has 0 aliphatic carbocycles. The lowest BCUT2D eigenvalue weighted by atomic mass is 9.90. The van der Waals surface area contributed by atoms with E-state index >= 15 is 0 Å². The summed E-state index contributed by atoms with van der Waals surface area (Å²) in [5.41, 5.74) is 4.77. The Kier molecular flexibility index (Phi) is 6.21. The molecule has 0 spiro atoms. The van der Waals surface area contributed by atoms with Gasteiger partial charge in [-0.25, -0.2) is 8.51 Å². The second kappa shape index (κ2) is 9.02. The summed E-state index contributed by atoms with van der Waals surface area (Å²) in [5, 5.41) is 0. The summed E-state index contributed by atoms with van der Waals surface area (Å²) < 4.78 is 26.8. The number of nitrogens with zero attached hydrogens (tertiary/aromatic N) is 1. The maximum absolute atomic E-state index is 13.6. The van der Waals surface area contributed by atoms with E-state index in [1.807, 2.05) is 37.3 Å². The summed E-state index contributed by atoms with van der Waals surface area (Å²) in [4.78, 5) is 0.836. The Morgan fingerprint density at radius 3 is 2.30 bits per heavy atom. The third-order valence-corrected chi connectivity index (χ3v) is 7.20. The van der Waals surface area contributed by atoms with E-state index in [9.17, 15) is 4.21 Å². The van der Waals surface area contributed by atoms with Gasteiger partial charge in [-0.15, -0.1) is 0 Å². The maximum atomic E-state index is 13.6. The quantitative estimate of drug-likeness (QED) is 0.570. The standard InChI is InChI=1S/C25H27NO3S/c1-18-9-11-21(12-10-18)30(27)26-14-13-20-16-24(28-2)25(29-3)17-22(20)23(26)15-19-7-5-4-6-8-19/h4-12,16-17,23H,13-15H2,1-3H3. The summed E-state index contributed by atoms with van der Waals surface area (Å²) in [6.07, 6.45) is 1.60. The zero-order chi connectivity index (χ0) is 21.1. The number of benzene rings is 3. The van der Waals surface area contributed by atoms with Gasteiger partial charge in [0.15, 0.2) is 11.5 Å². The van der Waals surface area contributed by atoms with E-state index in [0.717, 1.165) is 41.2 Å². The average molecular weight is 422 g/mol. The van der Waals surface area contributed by atoms with Crippen LogP contribution < -0.4 is 9.47 Å². The molecule has 30 heavy (non-hydrogen) atoms. The summed E-state index contributed by atoms with van der Waals surface area (Å²) >= 11 is 0. The first kappa shape index (κ1) is 20.6. The molecule has 1 aliphatic heterocycles. The molecule has 0 saturated heterocycles. The zero-order valence-electron chi connectivity index (χ0n) is 17.6. The van der Waals surface area contributed by atoms with Crippen LogP contribution in [0.5, 0.6) is 11.5 Å². The summed E-state index contributed by atoms with van der Waals surface area (Å²) in [7, 11) is 2.07. The van der Waals surface area contributed by atoms with Crippen molar-refractivity contribution in [2.45, 2.75) is 30.7 Å². The van der Waals surface area contributed by atoms with Crippen molar-refractivity contribution in [3.05, 3.63) is 89.0 Å². The second-order valence-electron chi connectivity index (χ2n) is 7.56. The molecule has 1 heterocycles. The van der Waals surface area contributed by atoms with Crippen LogP contribution in [0.25, 0.3) is 0 Å². The average Bonchev–Trinajstić information content (AvgIpc) is 2.79. The van der Waals surface area contributed by atoms with Crippen molar-refractivity contribution in [2.24, 2.45) is 0 Å². The fraction of sp³-hybridized carbons (Fsp3) is 0.280. The minimum absolute atomic E-state index is 0.0157. The van der Waals surface area contributed by atoms with Gasteiger partial charge < -0.3 is 9.47 Å². The summed E-state index contributed by atoms with van der Waals surface area (Å²) in [5.74, 6) is 1.44. The molecule has 0 bridgehead atoms. The van der Waals surface area contributed by atoms with Gasteiger partial charge in [0, 0.05) is 6.54 Å². The van der Waals surface area contributed by atoms with Crippen molar-refractivity contribution in [3.8, 4) is 11.5 Å². The Bertz CT molecular complexity index is 1030. The Labute approximate surface area is 181 Å². The van der Waals surface area contributed by atoms with Crippen molar-refractivity contribution in [1.82, 2.24) is 4.31 Å².